The molecule has 0 spiro atoms. The van der Waals surface area contributed by atoms with E-state index in [0.29, 0.717) is 18.7 Å². The molecule has 0 aliphatic carbocycles. The van der Waals surface area contributed by atoms with Crippen molar-refractivity contribution in [2.75, 3.05) is 13.1 Å². The number of carbonyl (C=O) groups is 1. The summed E-state index contributed by atoms with van der Waals surface area (Å²) in [6.07, 6.45) is 0. The number of rotatable bonds is 1. The summed E-state index contributed by atoms with van der Waals surface area (Å²) in [4.78, 5) is 14.2. The van der Waals surface area contributed by atoms with Crippen molar-refractivity contribution in [1.29, 1.82) is 0 Å². The largest absolute Gasteiger partial charge is 0.457 e. The molecule has 22 heavy (non-hydrogen) atoms. The number of piperazine rings is 1. The van der Waals surface area contributed by atoms with Gasteiger partial charge >= 0.3 is 5.97 Å². The highest BCUT2D eigenvalue weighted by Gasteiger charge is 2.33. The molecular weight excluding hydrogens is 276 g/mol. The normalized spacial score (nSPS) is 26.0. The van der Waals surface area contributed by atoms with E-state index in [1.165, 1.54) is 11.1 Å². The van der Waals surface area contributed by atoms with Crippen molar-refractivity contribution in [3.63, 3.8) is 0 Å². The predicted molar refractivity (Wildman–Crippen MR) is 87.0 cm³/mol. The fraction of sp³-hybridized carbons (Fsp3) is 0.611. The van der Waals surface area contributed by atoms with Crippen LogP contribution in [0.2, 0.25) is 0 Å². The van der Waals surface area contributed by atoms with Crippen LogP contribution in [0.15, 0.2) is 12.1 Å². The van der Waals surface area contributed by atoms with Crippen molar-refractivity contribution in [1.82, 2.24) is 10.2 Å². The Hall–Kier alpha value is -1.39. The zero-order chi connectivity index (χ0) is 16.1. The van der Waals surface area contributed by atoms with E-state index in [1.54, 1.807) is 0 Å². The molecular formula is C18H26N2O2. The second-order valence-electron chi connectivity index (χ2n) is 7.58. The predicted octanol–water partition coefficient (Wildman–Crippen LogP) is 2.80. The molecule has 1 N–H and O–H groups in total. The first-order chi connectivity index (χ1) is 10.3. The van der Waals surface area contributed by atoms with E-state index in [0.717, 1.165) is 24.2 Å². The van der Waals surface area contributed by atoms with Crippen molar-refractivity contribution in [3.05, 3.63) is 34.4 Å². The summed E-state index contributed by atoms with van der Waals surface area (Å²) in [5.41, 5.74) is 4.45. The minimum Gasteiger partial charge on any atom is -0.457 e. The van der Waals surface area contributed by atoms with Gasteiger partial charge in [0.1, 0.15) is 6.61 Å². The molecule has 0 radical (unpaired) electrons. The number of hydrogen-bond donors (Lipinski definition) is 1. The van der Waals surface area contributed by atoms with Crippen LogP contribution < -0.4 is 5.32 Å². The number of fused-ring (bicyclic) bond motifs is 1. The van der Waals surface area contributed by atoms with Crippen molar-refractivity contribution in [2.45, 2.75) is 58.8 Å². The lowest BCUT2D eigenvalue weighted by atomic mass is 9.91. The quantitative estimate of drug-likeness (QED) is 0.810. The number of nitrogens with one attached hydrogen (secondary N) is 1. The van der Waals surface area contributed by atoms with Crippen LogP contribution in [-0.2, 0) is 11.3 Å². The van der Waals surface area contributed by atoms with E-state index in [2.05, 4.69) is 50.9 Å². The van der Waals surface area contributed by atoms with Gasteiger partial charge in [-0.2, -0.15) is 0 Å². The molecule has 2 aliphatic heterocycles. The Morgan fingerprint density at radius 2 is 2.00 bits per heavy atom. The van der Waals surface area contributed by atoms with Gasteiger partial charge in [0.25, 0.3) is 0 Å². The maximum absolute atomic E-state index is 11.7. The van der Waals surface area contributed by atoms with Crippen molar-refractivity contribution < 1.29 is 9.53 Å². The molecule has 2 heterocycles. The van der Waals surface area contributed by atoms with Crippen LogP contribution in [-0.4, -0.2) is 35.5 Å². The Bertz CT molecular complexity index is 604. The molecule has 2 unspecified atom stereocenters. The van der Waals surface area contributed by atoms with Crippen LogP contribution in [0.1, 0.15) is 60.8 Å². The minimum atomic E-state index is -0.189. The van der Waals surface area contributed by atoms with E-state index < -0.39 is 0 Å². The molecule has 4 heteroatoms. The van der Waals surface area contributed by atoms with Crippen LogP contribution in [0.5, 0.6) is 0 Å². The minimum absolute atomic E-state index is 0.165. The summed E-state index contributed by atoms with van der Waals surface area (Å²) in [5, 5.41) is 3.71. The van der Waals surface area contributed by atoms with Gasteiger partial charge in [-0.3, -0.25) is 4.90 Å². The molecule has 4 nitrogen and oxygen atoms in total. The molecule has 2 atom stereocenters. The third-order valence-electron chi connectivity index (χ3n) is 4.91. The molecule has 0 amide bonds. The van der Waals surface area contributed by atoms with Gasteiger partial charge in [0.15, 0.2) is 0 Å². The van der Waals surface area contributed by atoms with Gasteiger partial charge in [0.05, 0.1) is 5.56 Å². The number of esters is 1. The Labute approximate surface area is 132 Å². The highest BCUT2D eigenvalue weighted by Crippen LogP contribution is 2.32. The molecule has 0 aromatic heterocycles. The molecule has 0 bridgehead atoms. The fourth-order valence-corrected chi connectivity index (χ4v) is 3.56. The standard InChI is InChI=1S/C18H26N2O2/c1-11-8-20(18(3,4)5)9-16(19-11)13-6-7-14-15(12(13)2)10-22-17(14)21/h6-7,11,16,19H,8-10H2,1-5H3. The summed E-state index contributed by atoms with van der Waals surface area (Å²) in [5.74, 6) is -0.189. The number of carbonyl (C=O) groups excluding carboxylic acids is 1. The van der Waals surface area contributed by atoms with E-state index in [4.69, 9.17) is 4.74 Å². The topological polar surface area (TPSA) is 41.6 Å². The number of cyclic esters (lactones) is 1. The highest BCUT2D eigenvalue weighted by molar-refractivity contribution is 5.93. The lowest BCUT2D eigenvalue weighted by molar-refractivity contribution is 0.0534. The van der Waals surface area contributed by atoms with Crippen LogP contribution in [0, 0.1) is 6.92 Å². The number of ether oxygens (including phenoxy) is 1. The molecule has 2 aliphatic rings. The van der Waals surface area contributed by atoms with E-state index >= 15 is 0 Å². The van der Waals surface area contributed by atoms with Gasteiger partial charge in [-0.05, 0) is 51.8 Å². The molecule has 1 fully saturated rings. The lowest BCUT2D eigenvalue weighted by Crippen LogP contribution is -2.57. The highest BCUT2D eigenvalue weighted by atomic mass is 16.5. The van der Waals surface area contributed by atoms with E-state index in [-0.39, 0.29) is 11.5 Å². The van der Waals surface area contributed by atoms with Crippen molar-refractivity contribution >= 4 is 5.97 Å². The van der Waals surface area contributed by atoms with Crippen molar-refractivity contribution in [3.8, 4) is 0 Å². The van der Waals surface area contributed by atoms with Gasteiger partial charge < -0.3 is 10.1 Å². The van der Waals surface area contributed by atoms with Crippen LogP contribution in [0.3, 0.4) is 0 Å². The molecule has 1 saturated heterocycles. The molecule has 1 aromatic rings. The molecule has 1 aromatic carbocycles. The molecule has 0 saturated carbocycles. The summed E-state index contributed by atoms with van der Waals surface area (Å²) >= 11 is 0. The first kappa shape index (κ1) is 15.5. The van der Waals surface area contributed by atoms with Crippen LogP contribution in [0.4, 0.5) is 0 Å². The monoisotopic (exact) mass is 302 g/mol. The van der Waals surface area contributed by atoms with Gasteiger partial charge in [-0.15, -0.1) is 0 Å². The SMILES string of the molecule is Cc1c(C2CN(C(C)(C)C)CC(C)N2)ccc2c1COC2=O. The summed E-state index contributed by atoms with van der Waals surface area (Å²) < 4.78 is 5.17. The summed E-state index contributed by atoms with van der Waals surface area (Å²) in [6, 6.07) is 4.76. The summed E-state index contributed by atoms with van der Waals surface area (Å²) in [6.45, 7) is 13.6. The smallest absolute Gasteiger partial charge is 0.338 e. The van der Waals surface area contributed by atoms with Gasteiger partial charge in [-0.1, -0.05) is 6.07 Å². The second-order valence-corrected chi connectivity index (χ2v) is 7.58. The fourth-order valence-electron chi connectivity index (χ4n) is 3.56. The Kier molecular flexibility index (Phi) is 3.77. The lowest BCUT2D eigenvalue weighted by Gasteiger charge is -2.45. The maximum atomic E-state index is 11.7. The second kappa shape index (κ2) is 5.36. The summed E-state index contributed by atoms with van der Waals surface area (Å²) in [7, 11) is 0. The van der Waals surface area contributed by atoms with Crippen molar-refractivity contribution in [2.24, 2.45) is 0 Å². The molecule has 3 rings (SSSR count). The number of hydrogen-bond acceptors (Lipinski definition) is 4. The third kappa shape index (κ3) is 2.66. The first-order valence-electron chi connectivity index (χ1n) is 8.08. The molecule has 120 valence electrons. The average Bonchev–Trinajstić information content (AvgIpc) is 2.80. The third-order valence-corrected chi connectivity index (χ3v) is 4.91. The zero-order valence-corrected chi connectivity index (χ0v) is 14.2. The zero-order valence-electron chi connectivity index (χ0n) is 14.2. The number of nitrogens with zero attached hydrogens (tertiary/aromatic N) is 1. The van der Waals surface area contributed by atoms with Gasteiger partial charge in [-0.25, -0.2) is 4.79 Å². The van der Waals surface area contributed by atoms with E-state index in [9.17, 15) is 4.79 Å². The van der Waals surface area contributed by atoms with Gasteiger partial charge in [0, 0.05) is 36.3 Å². The number of benzene rings is 1. The Morgan fingerprint density at radius 1 is 1.27 bits per heavy atom. The van der Waals surface area contributed by atoms with Gasteiger partial charge in [0.2, 0.25) is 0 Å². The Balaban J connectivity index is 1.92. The maximum Gasteiger partial charge on any atom is 0.338 e. The van der Waals surface area contributed by atoms with Crippen LogP contribution in [0.25, 0.3) is 0 Å². The van der Waals surface area contributed by atoms with E-state index in [1.807, 2.05) is 6.07 Å². The average molecular weight is 302 g/mol. The van der Waals surface area contributed by atoms with Crippen LogP contribution >= 0.6 is 0 Å². The Morgan fingerprint density at radius 3 is 2.68 bits per heavy atom. The first-order valence-corrected chi connectivity index (χ1v) is 8.08.